The predicted molar refractivity (Wildman–Crippen MR) is 136 cm³/mol. The van der Waals surface area contributed by atoms with E-state index < -0.39 is 0 Å². The van der Waals surface area contributed by atoms with E-state index in [-0.39, 0.29) is 11.9 Å². The number of piperazine rings is 1. The molecule has 0 saturated carbocycles. The van der Waals surface area contributed by atoms with E-state index in [1.54, 1.807) is 7.11 Å². The lowest BCUT2D eigenvalue weighted by molar-refractivity contribution is 0.0306. The minimum absolute atomic E-state index is 0.0843. The number of methoxy groups -OCH3 is 1. The summed E-state index contributed by atoms with van der Waals surface area (Å²) >= 11 is 0. The third-order valence-corrected chi connectivity index (χ3v) is 6.79. The highest BCUT2D eigenvalue weighted by Crippen LogP contribution is 2.34. The maximum atomic E-state index is 12.8. The van der Waals surface area contributed by atoms with Gasteiger partial charge in [0, 0.05) is 50.4 Å². The SMILES string of the molecule is C=CCN1C[C@H](C)N([C@H](c2ccc(C(=O)N(CC)CC)cc2)c2cccc(OC)c2)C[C@@H]1C. The minimum atomic E-state index is 0.0843. The summed E-state index contributed by atoms with van der Waals surface area (Å²) < 4.78 is 5.54. The zero-order chi connectivity index (χ0) is 24.0. The largest absolute Gasteiger partial charge is 0.497 e. The number of hydrogen-bond acceptors (Lipinski definition) is 4. The molecule has 0 aliphatic carbocycles. The first-order valence-electron chi connectivity index (χ1n) is 12.1. The maximum absolute atomic E-state index is 12.8. The molecule has 1 heterocycles. The van der Waals surface area contributed by atoms with Gasteiger partial charge in [-0.3, -0.25) is 14.6 Å². The maximum Gasteiger partial charge on any atom is 0.253 e. The fraction of sp³-hybridized carbons (Fsp3) is 0.464. The zero-order valence-electron chi connectivity index (χ0n) is 20.8. The smallest absolute Gasteiger partial charge is 0.253 e. The second-order valence-corrected chi connectivity index (χ2v) is 8.92. The van der Waals surface area contributed by atoms with E-state index in [1.165, 1.54) is 11.1 Å². The van der Waals surface area contributed by atoms with Gasteiger partial charge in [0.25, 0.3) is 5.91 Å². The van der Waals surface area contributed by atoms with Crippen LogP contribution in [0.1, 0.15) is 55.2 Å². The minimum Gasteiger partial charge on any atom is -0.497 e. The summed E-state index contributed by atoms with van der Waals surface area (Å²) in [5.74, 6) is 0.946. The van der Waals surface area contributed by atoms with Gasteiger partial charge in [0.05, 0.1) is 13.2 Å². The molecule has 1 aliphatic heterocycles. The van der Waals surface area contributed by atoms with Gasteiger partial charge >= 0.3 is 0 Å². The van der Waals surface area contributed by atoms with Crippen LogP contribution in [0.3, 0.4) is 0 Å². The molecule has 33 heavy (non-hydrogen) atoms. The van der Waals surface area contributed by atoms with Gasteiger partial charge in [-0.15, -0.1) is 6.58 Å². The molecule has 5 heteroatoms. The highest BCUT2D eigenvalue weighted by Gasteiger charge is 2.34. The quantitative estimate of drug-likeness (QED) is 0.513. The average Bonchev–Trinajstić information content (AvgIpc) is 2.83. The Labute approximate surface area is 199 Å². The average molecular weight is 450 g/mol. The topological polar surface area (TPSA) is 36.0 Å². The van der Waals surface area contributed by atoms with Gasteiger partial charge in [0.2, 0.25) is 0 Å². The lowest BCUT2D eigenvalue weighted by Crippen LogP contribution is -2.57. The van der Waals surface area contributed by atoms with Crippen molar-refractivity contribution < 1.29 is 9.53 Å². The molecule has 0 aromatic heterocycles. The molecule has 1 amide bonds. The number of ether oxygens (including phenoxy) is 1. The Balaban J connectivity index is 1.98. The summed E-state index contributed by atoms with van der Waals surface area (Å²) in [5, 5.41) is 0. The second kappa shape index (κ2) is 11.5. The van der Waals surface area contributed by atoms with E-state index >= 15 is 0 Å². The number of carbonyl (C=O) groups excluding carboxylic acids is 1. The molecule has 1 aliphatic rings. The monoisotopic (exact) mass is 449 g/mol. The molecule has 5 nitrogen and oxygen atoms in total. The third-order valence-electron chi connectivity index (χ3n) is 6.79. The number of rotatable bonds is 9. The van der Waals surface area contributed by atoms with E-state index in [2.05, 4.69) is 60.6 Å². The Bertz CT molecular complexity index is 923. The van der Waals surface area contributed by atoms with Gasteiger partial charge in [0.1, 0.15) is 5.75 Å². The zero-order valence-corrected chi connectivity index (χ0v) is 20.8. The van der Waals surface area contributed by atoms with Crippen molar-refractivity contribution in [2.45, 2.75) is 45.8 Å². The van der Waals surface area contributed by atoms with Gasteiger partial charge in [0.15, 0.2) is 0 Å². The van der Waals surface area contributed by atoms with Crippen LogP contribution in [0.5, 0.6) is 5.75 Å². The molecule has 3 rings (SSSR count). The highest BCUT2D eigenvalue weighted by atomic mass is 16.5. The van der Waals surface area contributed by atoms with E-state index in [0.29, 0.717) is 25.2 Å². The molecule has 0 spiro atoms. The van der Waals surface area contributed by atoms with Crippen molar-refractivity contribution in [1.82, 2.24) is 14.7 Å². The molecular weight excluding hydrogens is 410 g/mol. The molecule has 0 radical (unpaired) electrons. The first-order valence-corrected chi connectivity index (χ1v) is 12.1. The fourth-order valence-electron chi connectivity index (χ4n) is 4.89. The molecule has 0 unspecified atom stereocenters. The van der Waals surface area contributed by atoms with E-state index in [1.807, 2.05) is 43.0 Å². The molecule has 1 fully saturated rings. The molecule has 2 aromatic carbocycles. The number of carbonyl (C=O) groups is 1. The molecule has 2 aromatic rings. The Hall–Kier alpha value is -2.63. The molecule has 0 bridgehead atoms. The Morgan fingerprint density at radius 2 is 1.79 bits per heavy atom. The molecule has 0 N–H and O–H groups in total. The number of benzene rings is 2. The molecule has 178 valence electrons. The van der Waals surface area contributed by atoms with Gasteiger partial charge in [-0.2, -0.15) is 0 Å². The van der Waals surface area contributed by atoms with Crippen molar-refractivity contribution >= 4 is 5.91 Å². The number of amides is 1. The van der Waals surface area contributed by atoms with Crippen molar-refractivity contribution in [1.29, 1.82) is 0 Å². The summed E-state index contributed by atoms with van der Waals surface area (Å²) in [6.07, 6.45) is 1.99. The van der Waals surface area contributed by atoms with Crippen LogP contribution in [-0.4, -0.2) is 72.5 Å². The molecular formula is C28H39N3O2. The first-order chi connectivity index (χ1) is 15.9. The number of nitrogens with zero attached hydrogens (tertiary/aromatic N) is 3. The van der Waals surface area contributed by atoms with Crippen molar-refractivity contribution in [3.05, 3.63) is 77.9 Å². The second-order valence-electron chi connectivity index (χ2n) is 8.92. The van der Waals surface area contributed by atoms with E-state index in [4.69, 9.17) is 4.74 Å². The van der Waals surface area contributed by atoms with Crippen LogP contribution in [0.2, 0.25) is 0 Å². The van der Waals surface area contributed by atoms with Crippen molar-refractivity contribution in [3.8, 4) is 5.75 Å². The van der Waals surface area contributed by atoms with Crippen molar-refractivity contribution in [2.24, 2.45) is 0 Å². The van der Waals surface area contributed by atoms with Crippen LogP contribution in [0.4, 0.5) is 0 Å². The number of hydrogen-bond donors (Lipinski definition) is 0. The van der Waals surface area contributed by atoms with Gasteiger partial charge < -0.3 is 9.64 Å². The summed E-state index contributed by atoms with van der Waals surface area (Å²) in [4.78, 5) is 19.8. The Kier molecular flexibility index (Phi) is 8.70. The Morgan fingerprint density at radius 1 is 1.09 bits per heavy atom. The summed E-state index contributed by atoms with van der Waals surface area (Å²) in [6.45, 7) is 16.8. The lowest BCUT2D eigenvalue weighted by Gasteiger charge is -2.47. The lowest BCUT2D eigenvalue weighted by atomic mass is 9.92. The highest BCUT2D eigenvalue weighted by molar-refractivity contribution is 5.94. The van der Waals surface area contributed by atoms with Crippen LogP contribution in [-0.2, 0) is 0 Å². The standard InChI is InChI=1S/C28H39N3O2/c1-7-17-30-19-22(5)31(20-21(30)4)27(25-11-10-12-26(18-25)33-6)23-13-15-24(16-14-23)28(32)29(8-2)9-3/h7,10-16,18,21-22,27H,1,8-9,17,19-20H2,2-6H3/t21-,22-,27+/m0/s1. The fourth-order valence-corrected chi connectivity index (χ4v) is 4.89. The van der Waals surface area contributed by atoms with Crippen LogP contribution in [0, 0.1) is 0 Å². The Morgan fingerprint density at radius 3 is 2.39 bits per heavy atom. The van der Waals surface area contributed by atoms with Gasteiger partial charge in [-0.25, -0.2) is 0 Å². The summed E-state index contributed by atoms with van der Waals surface area (Å²) in [5.41, 5.74) is 3.13. The van der Waals surface area contributed by atoms with Gasteiger partial charge in [-0.05, 0) is 63.1 Å². The van der Waals surface area contributed by atoms with Crippen molar-refractivity contribution in [2.75, 3.05) is 39.8 Å². The van der Waals surface area contributed by atoms with Crippen LogP contribution < -0.4 is 4.74 Å². The normalized spacial score (nSPS) is 20.3. The predicted octanol–water partition coefficient (Wildman–Crippen LogP) is 4.85. The van der Waals surface area contributed by atoms with Crippen molar-refractivity contribution in [3.63, 3.8) is 0 Å². The van der Waals surface area contributed by atoms with E-state index in [9.17, 15) is 4.79 Å². The van der Waals surface area contributed by atoms with Crippen LogP contribution in [0.15, 0.2) is 61.2 Å². The van der Waals surface area contributed by atoms with Gasteiger partial charge in [-0.1, -0.05) is 30.3 Å². The van der Waals surface area contributed by atoms with Crippen LogP contribution in [0.25, 0.3) is 0 Å². The van der Waals surface area contributed by atoms with Crippen LogP contribution >= 0.6 is 0 Å². The first kappa shape index (κ1) is 25.0. The summed E-state index contributed by atoms with van der Waals surface area (Å²) in [7, 11) is 1.71. The van der Waals surface area contributed by atoms with E-state index in [0.717, 1.165) is 30.9 Å². The molecule has 3 atom stereocenters. The summed E-state index contributed by atoms with van der Waals surface area (Å²) in [6, 6.07) is 17.4. The molecule has 1 saturated heterocycles. The third kappa shape index (κ3) is 5.66.